The average molecular weight is 385 g/mol. The molecule has 24 heavy (non-hydrogen) atoms. The van der Waals surface area contributed by atoms with Gasteiger partial charge in [-0.3, -0.25) is 9.59 Å². The highest BCUT2D eigenvalue weighted by Crippen LogP contribution is 2.31. The SMILES string of the molecule is COC(=O)C1CCN(C(=O)CSc2nc3cc(Cl)ccc3s2)CC1. The topological polar surface area (TPSA) is 59.5 Å². The Morgan fingerprint density at radius 3 is 2.88 bits per heavy atom. The number of carbonyl (C=O) groups is 2. The molecule has 0 spiro atoms. The summed E-state index contributed by atoms with van der Waals surface area (Å²) >= 11 is 8.98. The second kappa shape index (κ2) is 7.72. The molecule has 1 aromatic heterocycles. The van der Waals surface area contributed by atoms with Crippen molar-refractivity contribution < 1.29 is 14.3 Å². The molecule has 5 nitrogen and oxygen atoms in total. The number of hydrogen-bond acceptors (Lipinski definition) is 6. The summed E-state index contributed by atoms with van der Waals surface area (Å²) < 4.78 is 6.69. The van der Waals surface area contributed by atoms with E-state index in [0.29, 0.717) is 36.7 Å². The number of carbonyl (C=O) groups excluding carboxylic acids is 2. The molecule has 1 fully saturated rings. The molecule has 1 amide bonds. The molecule has 0 unspecified atom stereocenters. The zero-order valence-corrected chi connectivity index (χ0v) is 15.5. The maximum absolute atomic E-state index is 12.3. The molecule has 1 aliphatic rings. The molecule has 3 rings (SSSR count). The molecule has 1 aliphatic heterocycles. The van der Waals surface area contributed by atoms with Gasteiger partial charge in [-0.05, 0) is 31.0 Å². The molecule has 1 aromatic carbocycles. The van der Waals surface area contributed by atoms with Crippen LogP contribution in [0.2, 0.25) is 5.02 Å². The van der Waals surface area contributed by atoms with Crippen molar-refractivity contribution in [1.82, 2.24) is 9.88 Å². The number of esters is 1. The first-order chi connectivity index (χ1) is 11.6. The van der Waals surface area contributed by atoms with Crippen LogP contribution in [0.25, 0.3) is 10.2 Å². The molecule has 1 saturated heterocycles. The number of rotatable bonds is 4. The van der Waals surface area contributed by atoms with Gasteiger partial charge < -0.3 is 9.64 Å². The van der Waals surface area contributed by atoms with Crippen molar-refractivity contribution in [3.63, 3.8) is 0 Å². The number of likely N-dealkylation sites (tertiary alicyclic amines) is 1. The van der Waals surface area contributed by atoms with Crippen molar-refractivity contribution in [2.24, 2.45) is 5.92 Å². The molecule has 8 heteroatoms. The number of halogens is 1. The second-order valence-corrected chi connectivity index (χ2v) is 8.25. The minimum absolute atomic E-state index is 0.0827. The summed E-state index contributed by atoms with van der Waals surface area (Å²) in [6.45, 7) is 1.21. The molecule has 0 saturated carbocycles. The molecule has 2 aromatic rings. The predicted molar refractivity (Wildman–Crippen MR) is 96.7 cm³/mol. The van der Waals surface area contributed by atoms with Crippen molar-refractivity contribution in [1.29, 1.82) is 0 Å². The van der Waals surface area contributed by atoms with E-state index in [-0.39, 0.29) is 17.8 Å². The smallest absolute Gasteiger partial charge is 0.308 e. The van der Waals surface area contributed by atoms with E-state index in [2.05, 4.69) is 4.98 Å². The predicted octanol–water partition coefficient (Wildman–Crippen LogP) is 3.45. The lowest BCUT2D eigenvalue weighted by Crippen LogP contribution is -2.41. The van der Waals surface area contributed by atoms with Crippen LogP contribution in [-0.2, 0) is 14.3 Å². The Labute approximate surface area is 153 Å². The summed E-state index contributed by atoms with van der Waals surface area (Å²) in [5.74, 6) is 0.183. The van der Waals surface area contributed by atoms with E-state index in [9.17, 15) is 9.59 Å². The Bertz CT molecular complexity index is 757. The van der Waals surface area contributed by atoms with Crippen LogP contribution < -0.4 is 0 Å². The van der Waals surface area contributed by atoms with E-state index in [4.69, 9.17) is 16.3 Å². The maximum atomic E-state index is 12.3. The highest BCUT2D eigenvalue weighted by molar-refractivity contribution is 8.01. The lowest BCUT2D eigenvalue weighted by molar-refractivity contribution is -0.148. The normalized spacial score (nSPS) is 15.7. The Morgan fingerprint density at radius 1 is 1.42 bits per heavy atom. The van der Waals surface area contributed by atoms with Gasteiger partial charge in [-0.2, -0.15) is 0 Å². The lowest BCUT2D eigenvalue weighted by atomic mass is 9.97. The van der Waals surface area contributed by atoms with Crippen LogP contribution in [-0.4, -0.2) is 47.7 Å². The molecular weight excluding hydrogens is 368 g/mol. The molecule has 0 aliphatic carbocycles. The number of ether oxygens (including phenoxy) is 1. The number of amides is 1. The van der Waals surface area contributed by atoms with Crippen LogP contribution in [0.3, 0.4) is 0 Å². The number of benzene rings is 1. The van der Waals surface area contributed by atoms with Crippen LogP contribution >= 0.6 is 34.7 Å². The van der Waals surface area contributed by atoms with E-state index < -0.39 is 0 Å². The van der Waals surface area contributed by atoms with Gasteiger partial charge in [-0.15, -0.1) is 11.3 Å². The zero-order chi connectivity index (χ0) is 17.1. The number of hydrogen-bond donors (Lipinski definition) is 0. The number of thioether (sulfide) groups is 1. The summed E-state index contributed by atoms with van der Waals surface area (Å²) in [5, 5.41) is 0.661. The number of methoxy groups -OCH3 is 1. The molecule has 0 N–H and O–H groups in total. The minimum atomic E-state index is -0.176. The van der Waals surface area contributed by atoms with E-state index >= 15 is 0 Å². The van der Waals surface area contributed by atoms with Gasteiger partial charge in [0.05, 0.1) is 29.0 Å². The van der Waals surface area contributed by atoms with Crippen LogP contribution in [0, 0.1) is 5.92 Å². The highest BCUT2D eigenvalue weighted by atomic mass is 35.5. The van der Waals surface area contributed by atoms with Gasteiger partial charge in [-0.25, -0.2) is 4.98 Å². The molecule has 0 radical (unpaired) electrons. The number of aromatic nitrogens is 1. The fourth-order valence-electron chi connectivity index (χ4n) is 2.69. The Balaban J connectivity index is 1.53. The van der Waals surface area contributed by atoms with E-state index in [1.54, 1.807) is 11.3 Å². The summed E-state index contributed by atoms with van der Waals surface area (Å²) in [6, 6.07) is 5.61. The van der Waals surface area contributed by atoms with Gasteiger partial charge >= 0.3 is 5.97 Å². The first-order valence-electron chi connectivity index (χ1n) is 7.61. The third-order valence-corrected chi connectivity index (χ3v) is 6.43. The van der Waals surface area contributed by atoms with Crippen molar-refractivity contribution in [2.75, 3.05) is 26.0 Å². The summed E-state index contributed by atoms with van der Waals surface area (Å²) in [6.07, 6.45) is 1.34. The Morgan fingerprint density at radius 2 is 2.17 bits per heavy atom. The Hall–Kier alpha value is -1.31. The number of thiazole rings is 1. The van der Waals surface area contributed by atoms with Gasteiger partial charge in [-0.1, -0.05) is 23.4 Å². The quantitative estimate of drug-likeness (QED) is 0.596. The Kier molecular flexibility index (Phi) is 5.63. The third kappa shape index (κ3) is 4.02. The molecule has 0 bridgehead atoms. The monoisotopic (exact) mass is 384 g/mol. The average Bonchev–Trinajstić information content (AvgIpc) is 3.01. The van der Waals surface area contributed by atoms with Gasteiger partial charge in [0.25, 0.3) is 0 Å². The molecule has 128 valence electrons. The van der Waals surface area contributed by atoms with Crippen LogP contribution in [0.1, 0.15) is 12.8 Å². The standard InChI is InChI=1S/C16H17ClN2O3S2/c1-22-15(21)10-4-6-19(7-5-10)14(20)9-23-16-18-12-8-11(17)2-3-13(12)24-16/h2-3,8,10H,4-7,9H2,1H3. The first kappa shape index (κ1) is 17.5. The lowest BCUT2D eigenvalue weighted by Gasteiger charge is -2.30. The van der Waals surface area contributed by atoms with Crippen molar-refractivity contribution in [3.05, 3.63) is 23.2 Å². The van der Waals surface area contributed by atoms with Gasteiger partial charge in [0.1, 0.15) is 0 Å². The number of piperidine rings is 1. The second-order valence-electron chi connectivity index (χ2n) is 5.56. The van der Waals surface area contributed by atoms with Crippen LogP contribution in [0.15, 0.2) is 22.5 Å². The zero-order valence-electron chi connectivity index (χ0n) is 13.2. The molecule has 0 atom stereocenters. The van der Waals surface area contributed by atoms with Gasteiger partial charge in [0.15, 0.2) is 4.34 Å². The van der Waals surface area contributed by atoms with Gasteiger partial charge in [0.2, 0.25) is 5.91 Å². The highest BCUT2D eigenvalue weighted by Gasteiger charge is 2.27. The summed E-state index contributed by atoms with van der Waals surface area (Å²) in [5.41, 5.74) is 0.862. The van der Waals surface area contributed by atoms with Gasteiger partial charge in [0, 0.05) is 18.1 Å². The van der Waals surface area contributed by atoms with Crippen LogP contribution in [0.4, 0.5) is 0 Å². The fourth-order valence-corrected chi connectivity index (χ4v) is 4.81. The molecule has 2 heterocycles. The maximum Gasteiger partial charge on any atom is 0.308 e. The van der Waals surface area contributed by atoms with E-state index in [1.165, 1.54) is 18.9 Å². The van der Waals surface area contributed by atoms with E-state index in [1.807, 2.05) is 23.1 Å². The van der Waals surface area contributed by atoms with Crippen molar-refractivity contribution in [3.8, 4) is 0 Å². The first-order valence-corrected chi connectivity index (χ1v) is 9.79. The van der Waals surface area contributed by atoms with Crippen LogP contribution in [0.5, 0.6) is 0 Å². The molecular formula is C16H17ClN2O3S2. The van der Waals surface area contributed by atoms with E-state index in [0.717, 1.165) is 14.6 Å². The van der Waals surface area contributed by atoms with Crippen molar-refractivity contribution >= 4 is 56.8 Å². The summed E-state index contributed by atoms with van der Waals surface area (Å²) in [4.78, 5) is 30.2. The fraction of sp³-hybridized carbons (Fsp3) is 0.438. The largest absolute Gasteiger partial charge is 0.469 e. The summed E-state index contributed by atoms with van der Waals surface area (Å²) in [7, 11) is 1.40. The minimum Gasteiger partial charge on any atom is -0.469 e. The number of nitrogens with zero attached hydrogens (tertiary/aromatic N) is 2. The third-order valence-electron chi connectivity index (χ3n) is 4.03. The number of fused-ring (bicyclic) bond motifs is 1. The van der Waals surface area contributed by atoms with Crippen molar-refractivity contribution in [2.45, 2.75) is 17.2 Å².